The van der Waals surface area contributed by atoms with Gasteiger partial charge < -0.3 is 15.0 Å². The van der Waals surface area contributed by atoms with Crippen LogP contribution >= 0.6 is 0 Å². The number of carbonyl (C=O) groups excluding carboxylic acids is 1. The second-order valence-corrected chi connectivity index (χ2v) is 10.6. The lowest BCUT2D eigenvalue weighted by Crippen LogP contribution is -2.42. The quantitative estimate of drug-likeness (QED) is 0.271. The summed E-state index contributed by atoms with van der Waals surface area (Å²) in [5.41, 5.74) is 5.09. The van der Waals surface area contributed by atoms with E-state index in [1.54, 1.807) is 0 Å². The lowest BCUT2D eigenvalue weighted by Gasteiger charge is -2.46. The lowest BCUT2D eigenvalue weighted by atomic mass is 9.84. The molecule has 1 heterocycles. The first-order chi connectivity index (χ1) is 18.4. The van der Waals surface area contributed by atoms with E-state index in [2.05, 4.69) is 58.7 Å². The molecule has 0 saturated carbocycles. The van der Waals surface area contributed by atoms with Crippen LogP contribution in [0.2, 0.25) is 0 Å². The molecule has 0 saturated heterocycles. The number of nitrogens with one attached hydrogen (secondary N) is 1. The summed E-state index contributed by atoms with van der Waals surface area (Å²) >= 11 is 0. The number of hydrogen-bond donors (Lipinski definition) is 1. The van der Waals surface area contributed by atoms with Crippen molar-refractivity contribution in [3.05, 3.63) is 144 Å². The fraction of sp³-hybridized carbons (Fsp3) is 0.206. The van der Waals surface area contributed by atoms with Crippen molar-refractivity contribution in [1.82, 2.24) is 0 Å². The van der Waals surface area contributed by atoms with Crippen molar-refractivity contribution >= 4 is 17.3 Å². The molecule has 4 aromatic rings. The molecule has 192 valence electrons. The van der Waals surface area contributed by atoms with Gasteiger partial charge in [-0.1, -0.05) is 97.1 Å². The van der Waals surface area contributed by atoms with Crippen molar-refractivity contribution in [3.63, 3.8) is 0 Å². The van der Waals surface area contributed by atoms with Gasteiger partial charge in [-0.2, -0.15) is 0 Å². The zero-order chi connectivity index (χ0) is 26.5. The van der Waals surface area contributed by atoms with Gasteiger partial charge in [0.2, 0.25) is 0 Å². The van der Waals surface area contributed by atoms with Crippen LogP contribution in [0.25, 0.3) is 0 Å². The third-order valence-corrected chi connectivity index (χ3v) is 6.65. The van der Waals surface area contributed by atoms with Crippen LogP contribution < -0.4 is 10.2 Å². The fourth-order valence-electron chi connectivity index (χ4n) is 5.11. The first-order valence-corrected chi connectivity index (χ1v) is 13.1. The van der Waals surface area contributed by atoms with Crippen LogP contribution in [0.3, 0.4) is 0 Å². The van der Waals surface area contributed by atoms with Gasteiger partial charge >= 0.3 is 5.97 Å². The van der Waals surface area contributed by atoms with Gasteiger partial charge in [0, 0.05) is 23.5 Å². The molecule has 4 nitrogen and oxygen atoms in total. The first kappa shape index (κ1) is 25.3. The number of anilines is 2. The third kappa shape index (κ3) is 5.65. The highest BCUT2D eigenvalue weighted by atomic mass is 16.6. The standard InChI is InChI=1S/C34H34N2O2/c1-34(2,3)38-33(37)31-29(35-27-20-12-6-13-21-27)24-30(25-16-8-4-9-17-25)36(28-22-14-7-15-23-28)32(31)26-18-10-5-11-19-26/h4-23,30,32,35H,24H2,1-3H3/t30-,32+/m0/s1. The highest BCUT2D eigenvalue weighted by Gasteiger charge is 2.42. The fourth-order valence-corrected chi connectivity index (χ4v) is 5.11. The summed E-state index contributed by atoms with van der Waals surface area (Å²) in [6, 6.07) is 40.8. The maximum atomic E-state index is 14.1. The van der Waals surface area contributed by atoms with Crippen LogP contribution in [0.15, 0.2) is 133 Å². The van der Waals surface area contributed by atoms with E-state index < -0.39 is 5.60 Å². The number of rotatable bonds is 6. The molecule has 2 atom stereocenters. The SMILES string of the molecule is CC(C)(C)OC(=O)C1=C(Nc2ccccc2)C[C@@H](c2ccccc2)N(c2ccccc2)[C@@H]1c1ccccc1. The number of esters is 1. The summed E-state index contributed by atoms with van der Waals surface area (Å²) in [5, 5.41) is 3.62. The Morgan fingerprint density at radius 2 is 1.24 bits per heavy atom. The zero-order valence-corrected chi connectivity index (χ0v) is 22.2. The minimum Gasteiger partial charge on any atom is -0.456 e. The molecule has 4 aromatic carbocycles. The Morgan fingerprint density at radius 3 is 1.79 bits per heavy atom. The molecule has 1 aliphatic heterocycles. The molecule has 0 bridgehead atoms. The van der Waals surface area contributed by atoms with Gasteiger partial charge in [-0.05, 0) is 56.2 Å². The van der Waals surface area contributed by atoms with E-state index in [4.69, 9.17) is 4.74 Å². The van der Waals surface area contributed by atoms with Gasteiger partial charge in [-0.15, -0.1) is 0 Å². The predicted octanol–water partition coefficient (Wildman–Crippen LogP) is 8.09. The van der Waals surface area contributed by atoms with Crippen LogP contribution in [0.4, 0.5) is 11.4 Å². The normalized spacial score (nSPS) is 17.7. The van der Waals surface area contributed by atoms with E-state index in [0.717, 1.165) is 22.6 Å². The Labute approximate surface area is 225 Å². The van der Waals surface area contributed by atoms with Crippen LogP contribution in [0, 0.1) is 0 Å². The average Bonchev–Trinajstić information content (AvgIpc) is 2.93. The smallest absolute Gasteiger partial charge is 0.338 e. The molecule has 0 unspecified atom stereocenters. The van der Waals surface area contributed by atoms with Crippen LogP contribution in [0.5, 0.6) is 0 Å². The van der Waals surface area contributed by atoms with E-state index >= 15 is 0 Å². The molecular formula is C34H34N2O2. The number of hydrogen-bond acceptors (Lipinski definition) is 4. The Bertz CT molecular complexity index is 1380. The summed E-state index contributed by atoms with van der Waals surface area (Å²) in [6.07, 6.45) is 0.617. The molecule has 0 aromatic heterocycles. The van der Waals surface area contributed by atoms with Gasteiger partial charge in [-0.25, -0.2) is 4.79 Å². The monoisotopic (exact) mass is 502 g/mol. The molecule has 38 heavy (non-hydrogen) atoms. The Balaban J connectivity index is 1.77. The summed E-state index contributed by atoms with van der Waals surface area (Å²) in [4.78, 5) is 16.4. The molecule has 0 aliphatic carbocycles. The minimum atomic E-state index is -0.628. The highest BCUT2D eigenvalue weighted by Crippen LogP contribution is 2.48. The van der Waals surface area contributed by atoms with Crippen LogP contribution in [-0.4, -0.2) is 11.6 Å². The molecule has 0 fully saturated rings. The van der Waals surface area contributed by atoms with Gasteiger partial charge in [0.05, 0.1) is 17.7 Å². The number of nitrogens with zero attached hydrogens (tertiary/aromatic N) is 1. The lowest BCUT2D eigenvalue weighted by molar-refractivity contribution is -0.150. The highest BCUT2D eigenvalue weighted by molar-refractivity contribution is 5.93. The second kappa shape index (κ2) is 11.0. The number of benzene rings is 4. The van der Waals surface area contributed by atoms with Gasteiger partial charge in [0.1, 0.15) is 5.60 Å². The van der Waals surface area contributed by atoms with Crippen molar-refractivity contribution in [2.75, 3.05) is 10.2 Å². The summed E-state index contributed by atoms with van der Waals surface area (Å²) in [7, 11) is 0. The molecule has 0 amide bonds. The molecular weight excluding hydrogens is 468 g/mol. The van der Waals surface area contributed by atoms with Crippen molar-refractivity contribution in [1.29, 1.82) is 0 Å². The Kier molecular flexibility index (Phi) is 7.32. The second-order valence-electron chi connectivity index (χ2n) is 10.6. The topological polar surface area (TPSA) is 41.6 Å². The van der Waals surface area contributed by atoms with E-state index in [0.29, 0.717) is 12.0 Å². The van der Waals surface area contributed by atoms with E-state index in [9.17, 15) is 4.79 Å². The van der Waals surface area contributed by atoms with Crippen molar-refractivity contribution in [3.8, 4) is 0 Å². The van der Waals surface area contributed by atoms with Gasteiger partial charge in [0.25, 0.3) is 0 Å². The molecule has 4 heteroatoms. The Hall–Kier alpha value is -4.31. The number of ether oxygens (including phenoxy) is 1. The molecule has 0 radical (unpaired) electrons. The summed E-state index contributed by atoms with van der Waals surface area (Å²) in [6.45, 7) is 5.74. The van der Waals surface area contributed by atoms with Crippen LogP contribution in [0.1, 0.15) is 50.4 Å². The van der Waals surface area contributed by atoms with Gasteiger partial charge in [-0.3, -0.25) is 0 Å². The minimum absolute atomic E-state index is 0.0128. The Morgan fingerprint density at radius 1 is 0.737 bits per heavy atom. The summed E-state index contributed by atoms with van der Waals surface area (Å²) in [5.74, 6) is -0.308. The van der Waals surface area contributed by atoms with Crippen molar-refractivity contribution in [2.45, 2.75) is 44.9 Å². The van der Waals surface area contributed by atoms with Gasteiger partial charge in [0.15, 0.2) is 0 Å². The maximum absolute atomic E-state index is 14.1. The van der Waals surface area contributed by atoms with Crippen molar-refractivity contribution < 1.29 is 9.53 Å². The van der Waals surface area contributed by atoms with E-state index in [1.165, 1.54) is 5.56 Å². The third-order valence-electron chi connectivity index (χ3n) is 6.65. The molecule has 5 rings (SSSR count). The maximum Gasteiger partial charge on any atom is 0.338 e. The van der Waals surface area contributed by atoms with E-state index in [1.807, 2.05) is 93.6 Å². The predicted molar refractivity (Wildman–Crippen MR) is 155 cm³/mol. The first-order valence-electron chi connectivity index (χ1n) is 13.1. The number of carbonyl (C=O) groups is 1. The van der Waals surface area contributed by atoms with Crippen molar-refractivity contribution in [2.24, 2.45) is 0 Å². The van der Waals surface area contributed by atoms with E-state index in [-0.39, 0.29) is 18.1 Å². The van der Waals surface area contributed by atoms with Crippen LogP contribution in [-0.2, 0) is 9.53 Å². The molecule has 0 spiro atoms. The zero-order valence-electron chi connectivity index (χ0n) is 22.2. The molecule has 1 aliphatic rings. The molecule has 1 N–H and O–H groups in total. The number of para-hydroxylation sites is 2. The largest absolute Gasteiger partial charge is 0.456 e. The summed E-state index contributed by atoms with van der Waals surface area (Å²) < 4.78 is 6.06. The average molecular weight is 503 g/mol.